The van der Waals surface area contributed by atoms with E-state index in [4.69, 9.17) is 5.73 Å². The van der Waals surface area contributed by atoms with Gasteiger partial charge >= 0.3 is 6.18 Å². The molecule has 0 radical (unpaired) electrons. The van der Waals surface area contributed by atoms with E-state index in [9.17, 15) is 13.2 Å². The molecule has 1 aromatic carbocycles. The number of fused-ring (bicyclic) bond motifs is 1. The fraction of sp³-hybridized carbons (Fsp3) is 0.300. The molecule has 0 atom stereocenters. The molecule has 0 bridgehead atoms. The van der Waals surface area contributed by atoms with E-state index in [1.165, 1.54) is 17.8 Å². The molecule has 0 aliphatic carbocycles. The van der Waals surface area contributed by atoms with E-state index < -0.39 is 11.9 Å². The van der Waals surface area contributed by atoms with Crippen LogP contribution < -0.4 is 5.73 Å². The Morgan fingerprint density at radius 1 is 1.38 bits per heavy atom. The van der Waals surface area contributed by atoms with Gasteiger partial charge in [0.1, 0.15) is 0 Å². The van der Waals surface area contributed by atoms with Crippen LogP contribution in [-0.4, -0.2) is 9.78 Å². The van der Waals surface area contributed by atoms with Crippen molar-refractivity contribution in [2.24, 2.45) is 12.8 Å². The fourth-order valence-corrected chi connectivity index (χ4v) is 1.79. The minimum atomic E-state index is -4.44. The van der Waals surface area contributed by atoms with E-state index in [1.54, 1.807) is 12.1 Å². The third-order valence-corrected chi connectivity index (χ3v) is 2.44. The van der Waals surface area contributed by atoms with Gasteiger partial charge in [0.25, 0.3) is 0 Å². The minimum absolute atomic E-state index is 0.0953. The van der Waals surface area contributed by atoms with Crippen LogP contribution in [0.2, 0.25) is 0 Å². The van der Waals surface area contributed by atoms with E-state index in [0.717, 1.165) is 0 Å². The van der Waals surface area contributed by atoms with Crippen LogP contribution in [0, 0.1) is 0 Å². The number of nitrogens with zero attached hydrogens (tertiary/aromatic N) is 2. The Balaban J connectivity index is 2.82. The summed E-state index contributed by atoms with van der Waals surface area (Å²) in [5.74, 6) is 0. The predicted molar refractivity (Wildman–Crippen MR) is 53.6 cm³/mol. The highest BCUT2D eigenvalue weighted by atomic mass is 19.4. The number of rotatable bonds is 1. The molecule has 2 rings (SSSR count). The molecule has 3 nitrogen and oxygen atoms in total. The van der Waals surface area contributed by atoms with Crippen molar-refractivity contribution in [3.05, 3.63) is 29.5 Å². The largest absolute Gasteiger partial charge is 0.435 e. The van der Waals surface area contributed by atoms with Crippen molar-refractivity contribution >= 4 is 10.9 Å². The first-order valence-corrected chi connectivity index (χ1v) is 4.67. The molecule has 2 aromatic rings. The summed E-state index contributed by atoms with van der Waals surface area (Å²) in [7, 11) is 1.48. The number of para-hydroxylation sites is 1. The van der Waals surface area contributed by atoms with Crippen molar-refractivity contribution in [3.8, 4) is 0 Å². The molecule has 0 saturated heterocycles. The Labute approximate surface area is 89.7 Å². The van der Waals surface area contributed by atoms with E-state index in [2.05, 4.69) is 5.10 Å². The number of alkyl halides is 3. The highest BCUT2D eigenvalue weighted by Gasteiger charge is 2.36. The van der Waals surface area contributed by atoms with Crippen LogP contribution in [0.4, 0.5) is 13.2 Å². The second-order valence-electron chi connectivity index (χ2n) is 3.49. The molecule has 1 heterocycles. The Morgan fingerprint density at radius 3 is 2.62 bits per heavy atom. The fourth-order valence-electron chi connectivity index (χ4n) is 1.79. The van der Waals surface area contributed by atoms with Crippen molar-refractivity contribution in [3.63, 3.8) is 0 Å². The molecule has 1 aromatic heterocycles. The number of halogens is 3. The SMILES string of the molecule is Cn1nc(C(F)(F)F)c2cccc(CN)c21. The molecule has 0 aliphatic heterocycles. The molecule has 86 valence electrons. The van der Waals surface area contributed by atoms with Gasteiger partial charge in [0.15, 0.2) is 5.69 Å². The standard InChI is InChI=1S/C10H10F3N3/c1-16-8-6(5-14)3-2-4-7(8)9(15-16)10(11,12)13/h2-4H,5,14H2,1H3. The van der Waals surface area contributed by atoms with E-state index in [1.807, 2.05) is 0 Å². The maximum atomic E-state index is 12.7. The molecule has 0 saturated carbocycles. The van der Waals surface area contributed by atoms with Gasteiger partial charge in [0.2, 0.25) is 0 Å². The summed E-state index contributed by atoms with van der Waals surface area (Å²) < 4.78 is 39.2. The normalized spacial score (nSPS) is 12.3. The lowest BCUT2D eigenvalue weighted by Gasteiger charge is -2.03. The van der Waals surface area contributed by atoms with Crippen LogP contribution in [0.3, 0.4) is 0 Å². The van der Waals surface area contributed by atoms with Crippen molar-refractivity contribution in [2.45, 2.75) is 12.7 Å². The summed E-state index contributed by atoms with van der Waals surface area (Å²) in [6.45, 7) is 0.189. The van der Waals surface area contributed by atoms with Crippen LogP contribution in [0.25, 0.3) is 10.9 Å². The smallest absolute Gasteiger partial charge is 0.326 e. The number of benzene rings is 1. The second-order valence-corrected chi connectivity index (χ2v) is 3.49. The number of aromatic nitrogens is 2. The van der Waals surface area contributed by atoms with Gasteiger partial charge in [-0.1, -0.05) is 18.2 Å². The van der Waals surface area contributed by atoms with E-state index in [0.29, 0.717) is 11.1 Å². The van der Waals surface area contributed by atoms with Gasteiger partial charge in [-0.05, 0) is 5.56 Å². The molecular formula is C10H10F3N3. The van der Waals surface area contributed by atoms with Gasteiger partial charge in [-0.15, -0.1) is 0 Å². The van der Waals surface area contributed by atoms with E-state index in [-0.39, 0.29) is 11.9 Å². The van der Waals surface area contributed by atoms with Gasteiger partial charge < -0.3 is 5.73 Å². The van der Waals surface area contributed by atoms with Crippen molar-refractivity contribution in [1.29, 1.82) is 0 Å². The lowest BCUT2D eigenvalue weighted by molar-refractivity contribution is -0.140. The topological polar surface area (TPSA) is 43.8 Å². The van der Waals surface area contributed by atoms with Gasteiger partial charge in [-0.3, -0.25) is 4.68 Å². The minimum Gasteiger partial charge on any atom is -0.326 e. The Kier molecular flexibility index (Phi) is 2.38. The monoisotopic (exact) mass is 229 g/mol. The zero-order valence-corrected chi connectivity index (χ0v) is 8.54. The molecular weight excluding hydrogens is 219 g/mol. The van der Waals surface area contributed by atoms with Crippen molar-refractivity contribution < 1.29 is 13.2 Å². The van der Waals surface area contributed by atoms with Crippen LogP contribution in [0.5, 0.6) is 0 Å². The average molecular weight is 229 g/mol. The molecule has 16 heavy (non-hydrogen) atoms. The molecule has 2 N–H and O–H groups in total. The van der Waals surface area contributed by atoms with Crippen molar-refractivity contribution in [1.82, 2.24) is 9.78 Å². The van der Waals surface area contributed by atoms with Gasteiger partial charge in [0, 0.05) is 19.0 Å². The lowest BCUT2D eigenvalue weighted by atomic mass is 10.1. The Hall–Kier alpha value is -1.56. The van der Waals surface area contributed by atoms with Crippen LogP contribution in [0.1, 0.15) is 11.3 Å². The summed E-state index contributed by atoms with van der Waals surface area (Å²) in [5.41, 5.74) is 5.72. The predicted octanol–water partition coefficient (Wildman–Crippen LogP) is 2.05. The molecule has 0 amide bonds. The second kappa shape index (κ2) is 3.48. The third-order valence-electron chi connectivity index (χ3n) is 2.44. The molecule has 0 spiro atoms. The first kappa shape index (κ1) is 10.9. The number of hydrogen-bond acceptors (Lipinski definition) is 2. The lowest BCUT2D eigenvalue weighted by Crippen LogP contribution is -2.06. The summed E-state index contributed by atoms with van der Waals surface area (Å²) >= 11 is 0. The van der Waals surface area contributed by atoms with Crippen LogP contribution in [0.15, 0.2) is 18.2 Å². The quantitative estimate of drug-likeness (QED) is 0.813. The number of nitrogens with two attached hydrogens (primary N) is 1. The molecule has 0 fully saturated rings. The maximum absolute atomic E-state index is 12.7. The van der Waals surface area contributed by atoms with Crippen molar-refractivity contribution in [2.75, 3.05) is 0 Å². The Bertz CT molecular complexity index is 528. The Morgan fingerprint density at radius 2 is 2.06 bits per heavy atom. The van der Waals surface area contributed by atoms with Gasteiger partial charge in [-0.25, -0.2) is 0 Å². The molecule has 0 aliphatic rings. The summed E-state index contributed by atoms with van der Waals surface area (Å²) in [5, 5.41) is 3.60. The zero-order valence-electron chi connectivity index (χ0n) is 8.54. The molecule has 0 unspecified atom stereocenters. The van der Waals surface area contributed by atoms with Gasteiger partial charge in [0.05, 0.1) is 5.52 Å². The maximum Gasteiger partial charge on any atom is 0.435 e. The molecule has 6 heteroatoms. The number of aryl methyl sites for hydroxylation is 1. The third kappa shape index (κ3) is 1.55. The van der Waals surface area contributed by atoms with E-state index >= 15 is 0 Å². The number of hydrogen-bond donors (Lipinski definition) is 1. The average Bonchev–Trinajstić information content (AvgIpc) is 2.56. The highest BCUT2D eigenvalue weighted by molar-refractivity contribution is 5.85. The first-order valence-electron chi connectivity index (χ1n) is 4.67. The van der Waals surface area contributed by atoms with Crippen LogP contribution >= 0.6 is 0 Å². The zero-order chi connectivity index (χ0) is 11.9. The van der Waals surface area contributed by atoms with Gasteiger partial charge in [-0.2, -0.15) is 18.3 Å². The first-order chi connectivity index (χ1) is 7.45. The highest BCUT2D eigenvalue weighted by Crippen LogP contribution is 2.34. The summed E-state index contributed by atoms with van der Waals surface area (Å²) in [4.78, 5) is 0. The van der Waals surface area contributed by atoms with Crippen LogP contribution in [-0.2, 0) is 19.8 Å². The summed E-state index contributed by atoms with van der Waals surface area (Å²) in [6.07, 6.45) is -4.44. The summed E-state index contributed by atoms with van der Waals surface area (Å²) in [6, 6.07) is 4.66.